The monoisotopic (exact) mass is 452 g/mol. The van der Waals surface area contributed by atoms with E-state index in [1.807, 2.05) is 34.0 Å². The van der Waals surface area contributed by atoms with E-state index < -0.39 is 5.83 Å². The molecule has 0 aromatic heterocycles. The number of rotatable bonds is 11. The molecule has 0 spiro atoms. The van der Waals surface area contributed by atoms with E-state index in [-0.39, 0.29) is 17.7 Å². The number of nitrogens with zero attached hydrogens (tertiary/aromatic N) is 6. The van der Waals surface area contributed by atoms with Crippen molar-refractivity contribution in [3.63, 3.8) is 0 Å². The Balaban J connectivity index is 3.21. The summed E-state index contributed by atoms with van der Waals surface area (Å²) >= 11 is 0. The molecule has 0 amide bonds. The molecule has 2 unspecified atom stereocenters. The van der Waals surface area contributed by atoms with Crippen molar-refractivity contribution in [1.29, 1.82) is 5.26 Å². The lowest BCUT2D eigenvalue weighted by Crippen LogP contribution is -2.30. The van der Waals surface area contributed by atoms with Gasteiger partial charge in [0.1, 0.15) is 0 Å². The average Bonchev–Trinajstić information content (AvgIpc) is 2.80. The predicted molar refractivity (Wildman–Crippen MR) is 134 cm³/mol. The average molecular weight is 453 g/mol. The third-order valence-corrected chi connectivity index (χ3v) is 5.09. The summed E-state index contributed by atoms with van der Waals surface area (Å²) in [6, 6.07) is 0.128. The van der Waals surface area contributed by atoms with Crippen LogP contribution in [0.2, 0.25) is 0 Å². The Morgan fingerprint density at radius 1 is 1.45 bits per heavy atom. The van der Waals surface area contributed by atoms with Crippen LogP contribution < -0.4 is 0 Å². The molecule has 0 aromatic carbocycles. The van der Waals surface area contributed by atoms with Gasteiger partial charge in [0.25, 0.3) is 6.26 Å². The van der Waals surface area contributed by atoms with Crippen LogP contribution in [0, 0.1) is 17.4 Å². The summed E-state index contributed by atoms with van der Waals surface area (Å²) in [6.07, 6.45) is 12.6. The smallest absolute Gasteiger partial charge is 0.292 e. The molecule has 0 aromatic rings. The molecule has 176 valence electrons. The van der Waals surface area contributed by atoms with Gasteiger partial charge in [-0.05, 0) is 58.2 Å². The third kappa shape index (κ3) is 8.13. The molecule has 0 fully saturated rings. The Morgan fingerprint density at radius 3 is 2.73 bits per heavy atom. The molecule has 0 saturated heterocycles. The lowest BCUT2D eigenvalue weighted by molar-refractivity contribution is 0.332. The topological polar surface area (TPSA) is 76.6 Å². The zero-order valence-corrected chi connectivity index (χ0v) is 20.3. The van der Waals surface area contributed by atoms with Crippen LogP contribution in [0.15, 0.2) is 87.4 Å². The summed E-state index contributed by atoms with van der Waals surface area (Å²) in [5, 5.41) is 14.5. The van der Waals surface area contributed by atoms with Crippen molar-refractivity contribution in [3.05, 3.63) is 72.3 Å². The highest BCUT2D eigenvalue weighted by atomic mass is 19.1. The first-order chi connectivity index (χ1) is 15.7. The van der Waals surface area contributed by atoms with Crippen molar-refractivity contribution >= 4 is 18.1 Å². The summed E-state index contributed by atoms with van der Waals surface area (Å²) < 4.78 is 18.7. The van der Waals surface area contributed by atoms with Crippen molar-refractivity contribution < 1.29 is 9.13 Å². The SMILES string of the molecule is C=CN(/N=C\C)/C(N=CC(C)N(C)CC)=C(\C)C(=C)/C=C\N=C1C=C(F)C(OC#N)=CC1C. The minimum atomic E-state index is -0.640. The number of allylic oxidation sites excluding steroid dienone is 6. The number of hydrogen-bond acceptors (Lipinski definition) is 7. The first-order valence-electron chi connectivity index (χ1n) is 10.6. The Bertz CT molecular complexity index is 977. The number of hydrogen-bond donors (Lipinski definition) is 0. The number of aliphatic imine (C=N–C) groups is 2. The molecule has 1 rings (SSSR count). The van der Waals surface area contributed by atoms with E-state index in [0.717, 1.165) is 12.1 Å². The van der Waals surface area contributed by atoms with Crippen LogP contribution in [-0.4, -0.2) is 47.7 Å². The van der Waals surface area contributed by atoms with Gasteiger partial charge in [-0.2, -0.15) is 5.10 Å². The van der Waals surface area contributed by atoms with Crippen molar-refractivity contribution in [2.75, 3.05) is 13.6 Å². The Kier molecular flexibility index (Phi) is 11.5. The first kappa shape index (κ1) is 27.5. The molecule has 0 aliphatic heterocycles. The minimum Gasteiger partial charge on any atom is -0.385 e. The second-order valence-corrected chi connectivity index (χ2v) is 7.34. The fraction of sp³-hybridized carbons (Fsp3) is 0.360. The quantitative estimate of drug-likeness (QED) is 0.180. The van der Waals surface area contributed by atoms with Gasteiger partial charge in [0.2, 0.25) is 0 Å². The van der Waals surface area contributed by atoms with Crippen LogP contribution >= 0.6 is 0 Å². The molecule has 0 heterocycles. The lowest BCUT2D eigenvalue weighted by Gasteiger charge is -2.21. The van der Waals surface area contributed by atoms with Crippen molar-refractivity contribution in [2.45, 2.75) is 40.7 Å². The Hall–Kier alpha value is -3.57. The van der Waals surface area contributed by atoms with Gasteiger partial charge in [-0.15, -0.1) is 5.26 Å². The van der Waals surface area contributed by atoms with Gasteiger partial charge in [0, 0.05) is 42.4 Å². The fourth-order valence-corrected chi connectivity index (χ4v) is 2.71. The standard InChI is InChI=1S/C25H33FN6O/c1-9-30-32(11-3)25(29-16-20(6)31(8)10-2)21(7)18(4)12-13-28-23-15-22(26)24(33-17-27)14-19(23)5/h9,11-16,19-20H,3-4,10H2,1-2,5-8H3/b13-12-,25-21+,28-23?,29-16?,30-9-. The van der Waals surface area contributed by atoms with E-state index in [4.69, 9.17) is 5.26 Å². The molecular formula is C25H33FN6O. The van der Waals surface area contributed by atoms with Crippen LogP contribution in [0.4, 0.5) is 4.39 Å². The minimum absolute atomic E-state index is 0.0948. The van der Waals surface area contributed by atoms with E-state index in [9.17, 15) is 4.39 Å². The normalized spacial score (nSPS) is 19.5. The molecule has 0 saturated carbocycles. The number of halogens is 1. The Labute approximate surface area is 196 Å². The molecule has 33 heavy (non-hydrogen) atoms. The van der Waals surface area contributed by atoms with Crippen LogP contribution in [0.1, 0.15) is 34.6 Å². The maximum Gasteiger partial charge on any atom is 0.292 e. The highest BCUT2D eigenvalue weighted by Crippen LogP contribution is 2.24. The van der Waals surface area contributed by atoms with Gasteiger partial charge in [-0.25, -0.2) is 14.4 Å². The summed E-state index contributed by atoms with van der Waals surface area (Å²) in [5.41, 5.74) is 1.95. The number of nitriles is 1. The summed E-state index contributed by atoms with van der Waals surface area (Å²) in [4.78, 5) is 11.2. The molecule has 2 atom stereocenters. The van der Waals surface area contributed by atoms with Crippen LogP contribution in [-0.2, 0) is 4.74 Å². The fourth-order valence-electron chi connectivity index (χ4n) is 2.71. The van der Waals surface area contributed by atoms with Gasteiger partial charge in [0.05, 0.1) is 5.71 Å². The summed E-state index contributed by atoms with van der Waals surface area (Å²) in [5.74, 6) is -0.365. The maximum absolute atomic E-state index is 14.1. The second-order valence-electron chi connectivity index (χ2n) is 7.34. The van der Waals surface area contributed by atoms with Crippen LogP contribution in [0.5, 0.6) is 0 Å². The zero-order chi connectivity index (χ0) is 25.0. The van der Waals surface area contributed by atoms with Crippen molar-refractivity contribution in [3.8, 4) is 6.26 Å². The lowest BCUT2D eigenvalue weighted by atomic mass is 9.99. The highest BCUT2D eigenvalue weighted by molar-refractivity contribution is 6.00. The second kappa shape index (κ2) is 13.8. The molecule has 0 N–H and O–H groups in total. The number of hydrazone groups is 1. The Morgan fingerprint density at radius 2 is 2.15 bits per heavy atom. The first-order valence-corrected chi connectivity index (χ1v) is 10.6. The third-order valence-electron chi connectivity index (χ3n) is 5.09. The molecule has 1 aliphatic carbocycles. The molecular weight excluding hydrogens is 419 g/mol. The van der Waals surface area contributed by atoms with Crippen molar-refractivity contribution in [2.24, 2.45) is 21.0 Å². The molecule has 8 heteroatoms. The predicted octanol–water partition coefficient (Wildman–Crippen LogP) is 5.48. The zero-order valence-electron chi connectivity index (χ0n) is 20.3. The van der Waals surface area contributed by atoms with Crippen LogP contribution in [0.3, 0.4) is 0 Å². The van der Waals surface area contributed by atoms with E-state index in [2.05, 4.69) is 51.7 Å². The number of ether oxygens (including phenoxy) is 1. The van der Waals surface area contributed by atoms with Gasteiger partial charge >= 0.3 is 0 Å². The van der Waals surface area contributed by atoms with Gasteiger partial charge in [-0.3, -0.25) is 9.89 Å². The molecule has 1 aliphatic rings. The largest absolute Gasteiger partial charge is 0.385 e. The van der Waals surface area contributed by atoms with Crippen LogP contribution in [0.25, 0.3) is 0 Å². The van der Waals surface area contributed by atoms with Crippen molar-refractivity contribution in [1.82, 2.24) is 9.91 Å². The van der Waals surface area contributed by atoms with Gasteiger partial charge in [0.15, 0.2) is 17.4 Å². The molecule has 0 radical (unpaired) electrons. The van der Waals surface area contributed by atoms with E-state index in [1.165, 1.54) is 18.4 Å². The van der Waals surface area contributed by atoms with Gasteiger partial charge < -0.3 is 4.74 Å². The maximum atomic E-state index is 14.1. The molecule has 7 nitrogen and oxygen atoms in total. The summed E-state index contributed by atoms with van der Waals surface area (Å²) in [7, 11) is 2.03. The van der Waals surface area contributed by atoms with E-state index >= 15 is 0 Å². The summed E-state index contributed by atoms with van der Waals surface area (Å²) in [6.45, 7) is 18.5. The highest BCUT2D eigenvalue weighted by Gasteiger charge is 2.19. The van der Waals surface area contributed by atoms with E-state index in [1.54, 1.807) is 29.7 Å². The molecule has 0 bridgehead atoms. The van der Waals surface area contributed by atoms with Gasteiger partial charge in [-0.1, -0.05) is 27.0 Å². The van der Waals surface area contributed by atoms with E-state index in [0.29, 0.717) is 17.1 Å².